The number of allylic oxidation sites excluding steroid dienone is 5. The SMILES string of the molecule is C[N+]1=C2C=CC=CC=C2NC1Cl.O=S(=O)([O-])CF. The van der Waals surface area contributed by atoms with Crippen molar-refractivity contribution in [3.63, 3.8) is 0 Å². The summed E-state index contributed by atoms with van der Waals surface area (Å²) in [5, 5.41) is 3.16. The van der Waals surface area contributed by atoms with Gasteiger partial charge in [0.1, 0.15) is 22.9 Å². The lowest BCUT2D eigenvalue weighted by molar-refractivity contribution is -0.509. The van der Waals surface area contributed by atoms with E-state index in [1.807, 2.05) is 42.0 Å². The van der Waals surface area contributed by atoms with Gasteiger partial charge in [-0.25, -0.2) is 12.8 Å². The van der Waals surface area contributed by atoms with Crippen molar-refractivity contribution >= 4 is 27.4 Å². The van der Waals surface area contributed by atoms with Crippen molar-refractivity contribution in [2.75, 3.05) is 13.1 Å². The number of fused-ring (bicyclic) bond motifs is 1. The topological polar surface area (TPSA) is 72.2 Å². The highest BCUT2D eigenvalue weighted by molar-refractivity contribution is 7.85. The van der Waals surface area contributed by atoms with Gasteiger partial charge in [0.15, 0.2) is 6.01 Å². The van der Waals surface area contributed by atoms with Crippen LogP contribution in [0.5, 0.6) is 0 Å². The molecule has 2 rings (SSSR count). The lowest BCUT2D eigenvalue weighted by atomic mass is 10.2. The van der Waals surface area contributed by atoms with Gasteiger partial charge in [-0.15, -0.1) is 0 Å². The number of hydrogen-bond acceptors (Lipinski definition) is 4. The fourth-order valence-electron chi connectivity index (χ4n) is 1.31. The lowest BCUT2D eigenvalue weighted by Crippen LogP contribution is -2.23. The molecule has 1 N–H and O–H groups in total. The largest absolute Gasteiger partial charge is 0.746 e. The molecule has 0 bridgehead atoms. The third-order valence-electron chi connectivity index (χ3n) is 2.14. The molecule has 0 spiro atoms. The molecule has 2 aliphatic rings. The highest BCUT2D eigenvalue weighted by Gasteiger charge is 2.29. The van der Waals surface area contributed by atoms with Gasteiger partial charge in [0, 0.05) is 6.08 Å². The van der Waals surface area contributed by atoms with Crippen LogP contribution >= 0.6 is 11.6 Å². The second kappa shape index (κ2) is 6.12. The molecule has 1 atom stereocenters. The quantitative estimate of drug-likeness (QED) is 0.334. The van der Waals surface area contributed by atoms with E-state index in [-0.39, 0.29) is 5.62 Å². The van der Waals surface area contributed by atoms with E-state index in [1.54, 1.807) is 0 Å². The van der Waals surface area contributed by atoms with Crippen molar-refractivity contribution in [2.45, 2.75) is 5.62 Å². The Bertz CT molecular complexity index is 537. The molecule has 0 fully saturated rings. The van der Waals surface area contributed by atoms with Gasteiger partial charge < -0.3 is 9.87 Å². The average Bonchev–Trinajstić information content (AvgIpc) is 2.49. The van der Waals surface area contributed by atoms with Crippen molar-refractivity contribution in [1.82, 2.24) is 5.32 Å². The molecule has 5 nitrogen and oxygen atoms in total. The van der Waals surface area contributed by atoms with Crippen LogP contribution in [0.2, 0.25) is 0 Å². The normalized spacial score (nSPS) is 21.6. The number of halogens is 2. The molecule has 0 aromatic rings. The molecule has 1 aliphatic heterocycles. The maximum atomic E-state index is 10.6. The second-order valence-electron chi connectivity index (χ2n) is 3.47. The van der Waals surface area contributed by atoms with E-state index in [4.69, 9.17) is 24.6 Å². The van der Waals surface area contributed by atoms with Crippen LogP contribution in [0.1, 0.15) is 0 Å². The molecule has 0 amide bonds. The molecule has 1 aliphatic carbocycles. The van der Waals surface area contributed by atoms with Gasteiger partial charge in [0.25, 0.3) is 0 Å². The third kappa shape index (κ3) is 4.25. The van der Waals surface area contributed by atoms with Crippen LogP contribution < -0.4 is 5.32 Å². The Labute approximate surface area is 110 Å². The number of alkyl halides is 2. The lowest BCUT2D eigenvalue weighted by Gasteiger charge is -1.95. The van der Waals surface area contributed by atoms with Crippen LogP contribution in [0.4, 0.5) is 4.39 Å². The monoisotopic (exact) mass is 294 g/mol. The first kappa shape index (κ1) is 14.9. The molecule has 18 heavy (non-hydrogen) atoms. The number of hydrogen-bond donors (Lipinski definition) is 1. The first-order valence-corrected chi connectivity index (χ1v) is 6.92. The zero-order valence-corrected chi connectivity index (χ0v) is 11.1. The minimum atomic E-state index is -4.58. The van der Waals surface area contributed by atoms with Crippen LogP contribution in [0.3, 0.4) is 0 Å². The summed E-state index contributed by atoms with van der Waals surface area (Å²) in [5.41, 5.74) is 2.10. The zero-order valence-electron chi connectivity index (χ0n) is 9.51. The smallest absolute Gasteiger partial charge is 0.305 e. The van der Waals surface area contributed by atoms with Crippen LogP contribution in [-0.4, -0.2) is 41.9 Å². The van der Waals surface area contributed by atoms with Crippen molar-refractivity contribution < 1.29 is 21.9 Å². The summed E-state index contributed by atoms with van der Waals surface area (Å²) in [5.74, 6) is 0. The van der Waals surface area contributed by atoms with Crippen LogP contribution in [0.15, 0.2) is 36.1 Å². The summed E-state index contributed by atoms with van der Waals surface area (Å²) in [4.78, 5) is 0. The van der Waals surface area contributed by atoms with Crippen molar-refractivity contribution in [3.05, 3.63) is 36.1 Å². The molecular formula is C10H12ClFN2O3S. The first-order chi connectivity index (χ1) is 8.35. The fourth-order valence-corrected chi connectivity index (χ4v) is 1.54. The highest BCUT2D eigenvalue weighted by Crippen LogP contribution is 2.12. The van der Waals surface area contributed by atoms with Gasteiger partial charge in [0.05, 0.1) is 0 Å². The predicted molar refractivity (Wildman–Crippen MR) is 66.0 cm³/mol. The average molecular weight is 295 g/mol. The first-order valence-electron chi connectivity index (χ1n) is 4.90. The van der Waals surface area contributed by atoms with E-state index < -0.39 is 16.1 Å². The van der Waals surface area contributed by atoms with Crippen molar-refractivity contribution in [1.29, 1.82) is 0 Å². The van der Waals surface area contributed by atoms with Crippen LogP contribution in [0.25, 0.3) is 0 Å². The summed E-state index contributed by atoms with van der Waals surface area (Å²) < 4.78 is 39.8. The Morgan fingerprint density at radius 2 is 2.11 bits per heavy atom. The molecule has 0 saturated carbocycles. The Hall–Kier alpha value is -1.18. The van der Waals surface area contributed by atoms with Crippen molar-refractivity contribution in [3.8, 4) is 0 Å². The fraction of sp³-hybridized carbons (Fsp3) is 0.300. The Morgan fingerprint density at radius 1 is 1.50 bits per heavy atom. The molecule has 1 heterocycles. The standard InChI is InChI=1S/C9H9ClN2.CH3FO3S/c1-12-8-6-4-2-3-5-7(8)11-9(12)10;2-1-6(3,4)5/h2-6,9H,1H3;1H2,(H,3,4,5). The van der Waals surface area contributed by atoms with Crippen molar-refractivity contribution in [2.24, 2.45) is 0 Å². The maximum Gasteiger partial charge on any atom is 0.305 e. The van der Waals surface area contributed by atoms with Crippen LogP contribution in [-0.2, 0) is 10.1 Å². The maximum absolute atomic E-state index is 10.6. The van der Waals surface area contributed by atoms with Gasteiger partial charge in [-0.1, -0.05) is 18.2 Å². The van der Waals surface area contributed by atoms with Gasteiger partial charge in [-0.3, -0.25) is 0 Å². The molecule has 0 aromatic heterocycles. The van der Waals surface area contributed by atoms with E-state index in [1.165, 1.54) is 0 Å². The summed E-state index contributed by atoms with van der Waals surface area (Å²) in [6, 6.07) is -1.81. The van der Waals surface area contributed by atoms with E-state index in [9.17, 15) is 4.39 Å². The Morgan fingerprint density at radius 3 is 2.67 bits per heavy atom. The van der Waals surface area contributed by atoms with Gasteiger partial charge in [0.2, 0.25) is 5.71 Å². The van der Waals surface area contributed by atoms with Crippen LogP contribution in [0, 0.1) is 0 Å². The van der Waals surface area contributed by atoms with E-state index in [2.05, 4.69) is 5.32 Å². The van der Waals surface area contributed by atoms with Gasteiger partial charge >= 0.3 is 5.62 Å². The molecule has 0 saturated heterocycles. The Balaban J connectivity index is 0.000000232. The van der Waals surface area contributed by atoms with E-state index in [0.29, 0.717) is 0 Å². The summed E-state index contributed by atoms with van der Waals surface area (Å²) in [6.07, 6.45) is 10.1. The second-order valence-corrected chi connectivity index (χ2v) is 5.21. The zero-order chi connectivity index (χ0) is 13.8. The van der Waals surface area contributed by atoms with Gasteiger partial charge in [-0.05, 0) is 17.7 Å². The van der Waals surface area contributed by atoms with E-state index in [0.717, 1.165) is 11.4 Å². The summed E-state index contributed by atoms with van der Waals surface area (Å²) in [6.45, 7) is 0. The number of rotatable bonds is 1. The minimum Gasteiger partial charge on any atom is -0.746 e. The minimum absolute atomic E-state index is 0.123. The Kier molecular flexibility index (Phi) is 5.06. The van der Waals surface area contributed by atoms with E-state index >= 15 is 0 Å². The molecule has 1 unspecified atom stereocenters. The predicted octanol–water partition coefficient (Wildman–Crippen LogP) is 0.664. The molecule has 0 aromatic carbocycles. The molecule has 8 heteroatoms. The van der Waals surface area contributed by atoms with Gasteiger partial charge in [-0.2, -0.15) is 4.58 Å². The highest BCUT2D eigenvalue weighted by atomic mass is 35.5. The molecule has 0 radical (unpaired) electrons. The molecule has 100 valence electrons. The third-order valence-corrected chi connectivity index (χ3v) is 2.81. The summed E-state index contributed by atoms with van der Waals surface area (Å²) in [7, 11) is -2.61. The number of nitrogens with zero attached hydrogens (tertiary/aromatic N) is 1. The molecular weight excluding hydrogens is 283 g/mol. The summed E-state index contributed by atoms with van der Waals surface area (Å²) >= 11 is 5.99. The number of nitrogens with one attached hydrogen (secondary N) is 1.